The van der Waals surface area contributed by atoms with Crippen molar-refractivity contribution >= 4 is 33.0 Å². The second kappa shape index (κ2) is 5.81. The molecule has 0 atom stereocenters. The number of hydrogen-bond donors (Lipinski definition) is 0. The van der Waals surface area contributed by atoms with Crippen molar-refractivity contribution in [3.8, 4) is 0 Å². The van der Waals surface area contributed by atoms with Gasteiger partial charge in [-0.2, -0.15) is 0 Å². The molecule has 2 aromatic rings. The van der Waals surface area contributed by atoms with Crippen molar-refractivity contribution in [2.24, 2.45) is 5.92 Å². The van der Waals surface area contributed by atoms with Gasteiger partial charge in [-0.3, -0.25) is 4.79 Å². The molecule has 3 heteroatoms. The average Bonchev–Trinajstić information content (AvgIpc) is 2.75. The van der Waals surface area contributed by atoms with E-state index in [0.29, 0.717) is 5.92 Å². The van der Waals surface area contributed by atoms with E-state index in [1.807, 2.05) is 23.6 Å². The SMILES string of the molecule is CC(C)Cc1ccc(C(=O)c2csc(Br)c2)cc1. The van der Waals surface area contributed by atoms with Crippen molar-refractivity contribution in [3.05, 3.63) is 56.2 Å². The van der Waals surface area contributed by atoms with Gasteiger partial charge in [0.15, 0.2) is 5.78 Å². The van der Waals surface area contributed by atoms with Crippen LogP contribution in [0.25, 0.3) is 0 Å². The lowest BCUT2D eigenvalue weighted by Gasteiger charge is -2.05. The molecule has 0 aliphatic heterocycles. The van der Waals surface area contributed by atoms with Crippen LogP contribution in [0, 0.1) is 5.92 Å². The Morgan fingerprint density at radius 2 is 1.89 bits per heavy atom. The van der Waals surface area contributed by atoms with Gasteiger partial charge in [0.2, 0.25) is 0 Å². The van der Waals surface area contributed by atoms with Crippen LogP contribution in [-0.4, -0.2) is 5.78 Å². The lowest BCUT2D eigenvalue weighted by molar-refractivity contribution is 0.103. The molecule has 0 fully saturated rings. The molecule has 1 nitrogen and oxygen atoms in total. The molecular formula is C15H15BrOS. The third-order valence-electron chi connectivity index (χ3n) is 2.69. The molecule has 0 saturated heterocycles. The van der Waals surface area contributed by atoms with E-state index in [1.165, 1.54) is 16.9 Å². The average molecular weight is 323 g/mol. The van der Waals surface area contributed by atoms with Crippen LogP contribution in [0.15, 0.2) is 39.5 Å². The summed E-state index contributed by atoms with van der Waals surface area (Å²) in [6.07, 6.45) is 1.05. The Labute approximate surface area is 120 Å². The first-order valence-electron chi connectivity index (χ1n) is 5.94. The molecule has 0 amide bonds. The molecule has 2 rings (SSSR count). The summed E-state index contributed by atoms with van der Waals surface area (Å²) in [6.45, 7) is 4.39. The lowest BCUT2D eigenvalue weighted by atomic mass is 9.99. The Morgan fingerprint density at radius 1 is 1.22 bits per heavy atom. The summed E-state index contributed by atoms with van der Waals surface area (Å²) < 4.78 is 0.988. The second-order valence-electron chi connectivity index (χ2n) is 4.76. The molecule has 0 saturated carbocycles. The van der Waals surface area contributed by atoms with Gasteiger partial charge >= 0.3 is 0 Å². The second-order valence-corrected chi connectivity index (χ2v) is 7.05. The molecule has 1 aromatic carbocycles. The predicted octanol–water partition coefficient (Wildman–Crippen LogP) is 4.94. The third kappa shape index (κ3) is 3.30. The number of benzene rings is 1. The van der Waals surface area contributed by atoms with Gasteiger partial charge in [0.05, 0.1) is 3.79 Å². The Kier molecular flexibility index (Phi) is 4.36. The number of ketones is 1. The lowest BCUT2D eigenvalue weighted by Crippen LogP contribution is -2.00. The van der Waals surface area contributed by atoms with Crippen LogP contribution in [0.2, 0.25) is 0 Å². The molecule has 94 valence electrons. The van der Waals surface area contributed by atoms with E-state index in [9.17, 15) is 4.79 Å². The Hall–Kier alpha value is -0.930. The number of hydrogen-bond acceptors (Lipinski definition) is 2. The van der Waals surface area contributed by atoms with Gasteiger partial charge in [0.25, 0.3) is 0 Å². The highest BCUT2D eigenvalue weighted by molar-refractivity contribution is 9.11. The Balaban J connectivity index is 2.17. The zero-order valence-corrected chi connectivity index (χ0v) is 12.8. The smallest absolute Gasteiger partial charge is 0.193 e. The van der Waals surface area contributed by atoms with E-state index in [1.54, 1.807) is 0 Å². The van der Waals surface area contributed by atoms with Crippen molar-refractivity contribution in [1.82, 2.24) is 0 Å². The normalized spacial score (nSPS) is 10.9. The monoisotopic (exact) mass is 322 g/mol. The molecule has 0 aliphatic rings. The van der Waals surface area contributed by atoms with Crippen molar-refractivity contribution in [3.63, 3.8) is 0 Å². The highest BCUT2D eigenvalue weighted by Gasteiger charge is 2.10. The summed E-state index contributed by atoms with van der Waals surface area (Å²) >= 11 is 4.91. The highest BCUT2D eigenvalue weighted by atomic mass is 79.9. The van der Waals surface area contributed by atoms with Crippen LogP contribution in [-0.2, 0) is 6.42 Å². The van der Waals surface area contributed by atoms with E-state index in [4.69, 9.17) is 0 Å². The summed E-state index contributed by atoms with van der Waals surface area (Å²) in [5, 5.41) is 1.88. The maximum Gasteiger partial charge on any atom is 0.193 e. The van der Waals surface area contributed by atoms with Crippen LogP contribution < -0.4 is 0 Å². The van der Waals surface area contributed by atoms with E-state index < -0.39 is 0 Å². The number of carbonyl (C=O) groups excluding carboxylic acids is 1. The quantitative estimate of drug-likeness (QED) is 0.728. The Morgan fingerprint density at radius 3 is 2.39 bits per heavy atom. The standard InChI is InChI=1S/C15H15BrOS/c1-10(2)7-11-3-5-12(6-4-11)15(17)13-8-14(16)18-9-13/h3-6,8-10H,7H2,1-2H3. The number of rotatable bonds is 4. The number of halogens is 1. The molecule has 18 heavy (non-hydrogen) atoms. The Bertz CT molecular complexity index is 540. The van der Waals surface area contributed by atoms with Crippen molar-refractivity contribution < 1.29 is 4.79 Å². The van der Waals surface area contributed by atoms with E-state index >= 15 is 0 Å². The van der Waals surface area contributed by atoms with Gasteiger partial charge in [0.1, 0.15) is 0 Å². The van der Waals surface area contributed by atoms with Gasteiger partial charge in [-0.15, -0.1) is 11.3 Å². The predicted molar refractivity (Wildman–Crippen MR) is 80.4 cm³/mol. The number of carbonyl (C=O) groups is 1. The molecule has 1 aromatic heterocycles. The maximum atomic E-state index is 12.2. The fourth-order valence-corrected chi connectivity index (χ4v) is 3.00. The molecule has 0 aliphatic carbocycles. The summed E-state index contributed by atoms with van der Waals surface area (Å²) in [5.74, 6) is 0.729. The summed E-state index contributed by atoms with van der Waals surface area (Å²) in [7, 11) is 0. The fraction of sp³-hybridized carbons (Fsp3) is 0.267. The molecule has 1 heterocycles. The topological polar surface area (TPSA) is 17.1 Å². The van der Waals surface area contributed by atoms with Crippen LogP contribution >= 0.6 is 27.3 Å². The van der Waals surface area contributed by atoms with Crippen LogP contribution in [0.1, 0.15) is 35.3 Å². The summed E-state index contributed by atoms with van der Waals surface area (Å²) in [5.41, 5.74) is 2.80. The van der Waals surface area contributed by atoms with Gasteiger partial charge < -0.3 is 0 Å². The molecule has 0 bridgehead atoms. The minimum atomic E-state index is 0.0908. The van der Waals surface area contributed by atoms with Crippen molar-refractivity contribution in [1.29, 1.82) is 0 Å². The first-order chi connectivity index (χ1) is 8.56. The zero-order valence-electron chi connectivity index (χ0n) is 10.4. The zero-order chi connectivity index (χ0) is 13.1. The van der Waals surface area contributed by atoms with E-state index in [-0.39, 0.29) is 5.78 Å². The number of thiophene rings is 1. The van der Waals surface area contributed by atoms with Gasteiger partial charge in [-0.05, 0) is 39.9 Å². The maximum absolute atomic E-state index is 12.2. The molecule has 0 spiro atoms. The van der Waals surface area contributed by atoms with Crippen LogP contribution in [0.4, 0.5) is 0 Å². The largest absolute Gasteiger partial charge is 0.289 e. The molecular weight excluding hydrogens is 308 g/mol. The first-order valence-corrected chi connectivity index (χ1v) is 7.61. The van der Waals surface area contributed by atoms with Crippen LogP contribution in [0.3, 0.4) is 0 Å². The third-order valence-corrected chi connectivity index (χ3v) is 4.19. The van der Waals surface area contributed by atoms with Gasteiger partial charge in [-0.1, -0.05) is 38.1 Å². The molecule has 0 N–H and O–H groups in total. The van der Waals surface area contributed by atoms with E-state index in [0.717, 1.165) is 21.3 Å². The minimum Gasteiger partial charge on any atom is -0.289 e. The van der Waals surface area contributed by atoms with Crippen molar-refractivity contribution in [2.75, 3.05) is 0 Å². The molecule has 0 radical (unpaired) electrons. The minimum absolute atomic E-state index is 0.0908. The first kappa shape index (κ1) is 13.5. The van der Waals surface area contributed by atoms with Gasteiger partial charge in [0, 0.05) is 16.5 Å². The summed E-state index contributed by atoms with van der Waals surface area (Å²) in [4.78, 5) is 12.2. The summed E-state index contributed by atoms with van der Waals surface area (Å²) in [6, 6.07) is 9.82. The fourth-order valence-electron chi connectivity index (χ4n) is 1.86. The van der Waals surface area contributed by atoms with Crippen LogP contribution in [0.5, 0.6) is 0 Å². The molecule has 0 unspecified atom stereocenters. The highest BCUT2D eigenvalue weighted by Crippen LogP contribution is 2.23. The van der Waals surface area contributed by atoms with Gasteiger partial charge in [-0.25, -0.2) is 0 Å². The van der Waals surface area contributed by atoms with Crippen molar-refractivity contribution in [2.45, 2.75) is 20.3 Å². The van der Waals surface area contributed by atoms with E-state index in [2.05, 4.69) is 41.9 Å².